The van der Waals surface area contributed by atoms with Gasteiger partial charge in [-0.25, -0.2) is 0 Å². The number of hydrogen-bond acceptors (Lipinski definition) is 2. The lowest BCUT2D eigenvalue weighted by molar-refractivity contribution is -0.137. The second kappa shape index (κ2) is 7.32. The molecule has 0 radical (unpaired) electrons. The first kappa shape index (κ1) is 15.6. The number of nitrogens with zero attached hydrogens (tertiary/aromatic N) is 1. The van der Waals surface area contributed by atoms with Gasteiger partial charge in [-0.3, -0.25) is 4.79 Å². The number of benzene rings is 2. The molecule has 1 heterocycles. The SMILES string of the molecule is O=C(O)C[C@@H]1CCCN1c1ccc(CCc2ccccc2)cc1. The smallest absolute Gasteiger partial charge is 0.305 e. The van der Waals surface area contributed by atoms with Crippen molar-refractivity contribution in [2.75, 3.05) is 11.4 Å². The van der Waals surface area contributed by atoms with Crippen LogP contribution >= 0.6 is 0 Å². The molecule has 120 valence electrons. The first-order chi connectivity index (χ1) is 11.2. The highest BCUT2D eigenvalue weighted by Crippen LogP contribution is 2.27. The Morgan fingerprint density at radius 2 is 1.65 bits per heavy atom. The Morgan fingerprint density at radius 3 is 2.30 bits per heavy atom. The lowest BCUT2D eigenvalue weighted by Crippen LogP contribution is -2.31. The minimum atomic E-state index is -0.707. The third-order valence-electron chi connectivity index (χ3n) is 4.60. The monoisotopic (exact) mass is 309 g/mol. The largest absolute Gasteiger partial charge is 0.481 e. The van der Waals surface area contributed by atoms with E-state index in [1.807, 2.05) is 6.07 Å². The molecule has 0 amide bonds. The molecule has 1 N–H and O–H groups in total. The van der Waals surface area contributed by atoms with Crippen molar-refractivity contribution in [2.45, 2.75) is 38.1 Å². The van der Waals surface area contributed by atoms with Crippen LogP contribution in [0.3, 0.4) is 0 Å². The highest BCUT2D eigenvalue weighted by atomic mass is 16.4. The molecule has 1 saturated heterocycles. The van der Waals surface area contributed by atoms with Gasteiger partial charge in [-0.15, -0.1) is 0 Å². The van der Waals surface area contributed by atoms with Crippen molar-refractivity contribution in [2.24, 2.45) is 0 Å². The van der Waals surface area contributed by atoms with Crippen LogP contribution in [-0.2, 0) is 17.6 Å². The molecule has 1 fully saturated rings. The molecule has 1 aliphatic rings. The van der Waals surface area contributed by atoms with Crippen molar-refractivity contribution in [3.8, 4) is 0 Å². The van der Waals surface area contributed by atoms with Crippen LogP contribution in [0.2, 0.25) is 0 Å². The van der Waals surface area contributed by atoms with Crippen molar-refractivity contribution in [1.29, 1.82) is 0 Å². The molecule has 0 unspecified atom stereocenters. The maximum Gasteiger partial charge on any atom is 0.305 e. The number of hydrogen-bond donors (Lipinski definition) is 1. The molecule has 0 aromatic heterocycles. The first-order valence-electron chi connectivity index (χ1n) is 8.33. The Hall–Kier alpha value is -2.29. The molecule has 0 aliphatic carbocycles. The summed E-state index contributed by atoms with van der Waals surface area (Å²) in [6, 6.07) is 19.3. The van der Waals surface area contributed by atoms with Crippen LogP contribution in [0, 0.1) is 0 Å². The third kappa shape index (κ3) is 4.13. The van der Waals surface area contributed by atoms with E-state index >= 15 is 0 Å². The van der Waals surface area contributed by atoms with E-state index in [4.69, 9.17) is 5.11 Å². The molecule has 1 aliphatic heterocycles. The lowest BCUT2D eigenvalue weighted by atomic mass is 10.0. The van der Waals surface area contributed by atoms with Crippen LogP contribution in [0.4, 0.5) is 5.69 Å². The Morgan fingerprint density at radius 1 is 1.00 bits per heavy atom. The third-order valence-corrected chi connectivity index (χ3v) is 4.60. The van der Waals surface area contributed by atoms with E-state index in [9.17, 15) is 4.79 Å². The number of aryl methyl sites for hydroxylation is 2. The summed E-state index contributed by atoms with van der Waals surface area (Å²) < 4.78 is 0. The minimum Gasteiger partial charge on any atom is -0.481 e. The average Bonchev–Trinajstić information content (AvgIpc) is 3.02. The molecule has 1 atom stereocenters. The van der Waals surface area contributed by atoms with Crippen LogP contribution < -0.4 is 4.90 Å². The fourth-order valence-corrected chi connectivity index (χ4v) is 3.38. The maximum absolute atomic E-state index is 11.0. The number of rotatable bonds is 6. The van der Waals surface area contributed by atoms with E-state index in [2.05, 4.69) is 53.4 Å². The van der Waals surface area contributed by atoms with Crippen LogP contribution in [0.15, 0.2) is 54.6 Å². The van der Waals surface area contributed by atoms with Gasteiger partial charge in [-0.05, 0) is 48.9 Å². The normalized spacial score (nSPS) is 17.4. The molecular weight excluding hydrogens is 286 g/mol. The van der Waals surface area contributed by atoms with E-state index < -0.39 is 5.97 Å². The van der Waals surface area contributed by atoms with E-state index in [1.54, 1.807) is 0 Å². The Kier molecular flexibility index (Phi) is 4.96. The first-order valence-corrected chi connectivity index (χ1v) is 8.33. The van der Waals surface area contributed by atoms with Gasteiger partial charge in [0.25, 0.3) is 0 Å². The summed E-state index contributed by atoms with van der Waals surface area (Å²) in [5.74, 6) is -0.707. The van der Waals surface area contributed by atoms with Gasteiger partial charge in [0, 0.05) is 18.3 Å². The van der Waals surface area contributed by atoms with Gasteiger partial charge in [0.2, 0.25) is 0 Å². The van der Waals surface area contributed by atoms with Crippen molar-refractivity contribution < 1.29 is 9.90 Å². The standard InChI is InChI=1S/C20H23NO2/c22-20(23)15-19-7-4-14-21(19)18-12-10-17(11-13-18)9-8-16-5-2-1-3-6-16/h1-3,5-6,10-13,19H,4,7-9,14-15H2,(H,22,23)/t19-/m0/s1. The average molecular weight is 309 g/mol. The van der Waals surface area contributed by atoms with Crippen LogP contribution in [-0.4, -0.2) is 23.7 Å². The van der Waals surface area contributed by atoms with Gasteiger partial charge in [-0.1, -0.05) is 42.5 Å². The fraction of sp³-hybridized carbons (Fsp3) is 0.350. The van der Waals surface area contributed by atoms with Gasteiger partial charge in [0.05, 0.1) is 6.42 Å². The predicted molar refractivity (Wildman–Crippen MR) is 92.9 cm³/mol. The molecule has 3 nitrogen and oxygen atoms in total. The summed E-state index contributed by atoms with van der Waals surface area (Å²) in [6.45, 7) is 0.960. The van der Waals surface area contributed by atoms with Crippen molar-refractivity contribution in [1.82, 2.24) is 0 Å². The maximum atomic E-state index is 11.0. The summed E-state index contributed by atoms with van der Waals surface area (Å²) >= 11 is 0. The molecule has 3 rings (SSSR count). The summed E-state index contributed by atoms with van der Waals surface area (Å²) in [6.07, 6.45) is 4.36. The van der Waals surface area contributed by atoms with Gasteiger partial charge < -0.3 is 10.0 Å². The number of aliphatic carboxylic acids is 1. The van der Waals surface area contributed by atoms with Gasteiger partial charge in [0.15, 0.2) is 0 Å². The Labute approximate surface area is 137 Å². The Balaban J connectivity index is 1.61. The summed E-state index contributed by atoms with van der Waals surface area (Å²) in [4.78, 5) is 13.2. The van der Waals surface area contributed by atoms with E-state index in [0.29, 0.717) is 0 Å². The molecule has 23 heavy (non-hydrogen) atoms. The van der Waals surface area contributed by atoms with Crippen LogP contribution in [0.5, 0.6) is 0 Å². The fourth-order valence-electron chi connectivity index (χ4n) is 3.38. The van der Waals surface area contributed by atoms with E-state index in [0.717, 1.165) is 37.9 Å². The zero-order chi connectivity index (χ0) is 16.1. The second-order valence-corrected chi connectivity index (χ2v) is 6.24. The van der Waals surface area contributed by atoms with Crippen molar-refractivity contribution in [3.63, 3.8) is 0 Å². The quantitative estimate of drug-likeness (QED) is 0.879. The molecule has 0 spiro atoms. The number of anilines is 1. The zero-order valence-corrected chi connectivity index (χ0v) is 13.3. The highest BCUT2D eigenvalue weighted by molar-refractivity contribution is 5.69. The van der Waals surface area contributed by atoms with Crippen molar-refractivity contribution in [3.05, 3.63) is 65.7 Å². The molecule has 3 heteroatoms. The second-order valence-electron chi connectivity index (χ2n) is 6.24. The molecule has 2 aromatic carbocycles. The summed E-state index contributed by atoms with van der Waals surface area (Å²) in [7, 11) is 0. The summed E-state index contributed by atoms with van der Waals surface area (Å²) in [5.41, 5.74) is 3.83. The summed E-state index contributed by atoms with van der Waals surface area (Å²) in [5, 5.41) is 9.03. The van der Waals surface area contributed by atoms with Crippen LogP contribution in [0.25, 0.3) is 0 Å². The molecule has 0 saturated carbocycles. The number of carbonyl (C=O) groups is 1. The number of carboxylic acids is 1. The predicted octanol–water partition coefficient (Wildman–Crippen LogP) is 3.92. The molecule has 2 aromatic rings. The van der Waals surface area contributed by atoms with Gasteiger partial charge in [0.1, 0.15) is 0 Å². The van der Waals surface area contributed by atoms with Gasteiger partial charge in [-0.2, -0.15) is 0 Å². The van der Waals surface area contributed by atoms with E-state index in [-0.39, 0.29) is 12.5 Å². The molecule has 0 bridgehead atoms. The van der Waals surface area contributed by atoms with Gasteiger partial charge >= 0.3 is 5.97 Å². The topological polar surface area (TPSA) is 40.5 Å². The van der Waals surface area contributed by atoms with Crippen molar-refractivity contribution >= 4 is 11.7 Å². The Bertz CT molecular complexity index is 636. The highest BCUT2D eigenvalue weighted by Gasteiger charge is 2.26. The minimum absolute atomic E-state index is 0.141. The zero-order valence-electron chi connectivity index (χ0n) is 13.3. The lowest BCUT2D eigenvalue weighted by Gasteiger charge is -2.25. The molecular formula is C20H23NO2. The number of carboxylic acid groups (broad SMARTS) is 1. The van der Waals surface area contributed by atoms with Crippen LogP contribution in [0.1, 0.15) is 30.4 Å². The van der Waals surface area contributed by atoms with E-state index in [1.165, 1.54) is 11.1 Å².